The first-order chi connectivity index (χ1) is 63.4. The molecule has 3 atom stereocenters. The van der Waals surface area contributed by atoms with Crippen molar-refractivity contribution in [1.29, 1.82) is 0 Å². The summed E-state index contributed by atoms with van der Waals surface area (Å²) in [6.45, 7) is 26.2. The van der Waals surface area contributed by atoms with Gasteiger partial charge in [-0.2, -0.15) is 5.10 Å². The lowest BCUT2D eigenvalue weighted by molar-refractivity contribution is 0.276. The summed E-state index contributed by atoms with van der Waals surface area (Å²) in [4.78, 5) is 40.1. The Kier molecular flexibility index (Phi) is 28.8. The SMILES string of the molecule is CCc1cc(-c2ccc(-n3cnc(C)c3)c(CO)n2)nnc1NC1(c2ccc(C)cc2)CC1.CCc1cc(N(C)[C@@H](C)c2ccc(C)cc2)nnc1-c1ccc(-n2cnc(C)c2)c(CO)n1.Cc1ccc([C@H](C)Cc2nnc(-c3ccc(-n4cnc(C)c4)c(CO)n3)c3c2CCCC3)cc1.Cc1ccc([C@H](C)N(C)c2ccc(-c3ccc(-n4cnc(C)c4)c(CO)n3)nn2)cc1. The highest BCUT2D eigenvalue weighted by Gasteiger charge is 2.45. The molecular weight excluding hydrogens is 1640 g/mol. The zero-order valence-electron chi connectivity index (χ0n) is 77.3. The minimum Gasteiger partial charge on any atom is -0.390 e. The number of rotatable bonds is 26. The Hall–Kier alpha value is -14.1. The number of nitrogens with one attached hydrogen (secondary N) is 1. The Morgan fingerprint density at radius 3 is 1.17 bits per heavy atom. The van der Waals surface area contributed by atoms with E-state index in [1.165, 1.54) is 62.1 Å². The molecule has 27 nitrogen and oxygen atoms in total. The molecule has 0 bridgehead atoms. The minimum absolute atomic E-state index is 0.0549. The van der Waals surface area contributed by atoms with E-state index < -0.39 is 0 Å². The van der Waals surface area contributed by atoms with Crippen molar-refractivity contribution in [2.24, 2.45) is 0 Å². The monoisotopic (exact) mass is 1750 g/mol. The van der Waals surface area contributed by atoms with Gasteiger partial charge in [0, 0.05) is 38.9 Å². The second-order valence-electron chi connectivity index (χ2n) is 34.3. The van der Waals surface area contributed by atoms with Gasteiger partial charge in [0.1, 0.15) is 22.8 Å². The van der Waals surface area contributed by atoms with E-state index in [4.69, 9.17) is 20.2 Å². The molecule has 0 radical (unpaired) electrons. The molecule has 0 unspecified atom stereocenters. The smallest absolute Gasteiger partial charge is 0.152 e. The number of aromatic nitrogens is 20. The highest BCUT2D eigenvalue weighted by atomic mass is 16.3. The van der Waals surface area contributed by atoms with Crippen molar-refractivity contribution in [3.05, 3.63) is 338 Å². The number of aryl methyl sites for hydroxylation is 10. The first kappa shape index (κ1) is 91.6. The summed E-state index contributed by atoms with van der Waals surface area (Å²) in [6, 6.07) is 58.4. The second kappa shape index (κ2) is 41.1. The van der Waals surface area contributed by atoms with Crippen molar-refractivity contribution >= 4 is 17.5 Å². The maximum absolute atomic E-state index is 10.0. The van der Waals surface area contributed by atoms with Crippen molar-refractivity contribution < 1.29 is 20.4 Å². The van der Waals surface area contributed by atoms with Crippen LogP contribution in [-0.2, 0) is 64.1 Å². The van der Waals surface area contributed by atoms with Crippen LogP contribution in [-0.4, -0.2) is 133 Å². The Bertz CT molecular complexity index is 6600. The number of nitrogens with zero attached hydrogens (tertiary/aromatic N) is 22. The molecule has 1 saturated carbocycles. The topological polar surface area (TPSA) is 325 Å². The summed E-state index contributed by atoms with van der Waals surface area (Å²) < 4.78 is 7.49. The largest absolute Gasteiger partial charge is 0.390 e. The first-order valence-corrected chi connectivity index (χ1v) is 44.8. The average molecular weight is 1750 g/mol. The van der Waals surface area contributed by atoms with Crippen LogP contribution in [0, 0.1) is 55.4 Å². The highest BCUT2D eigenvalue weighted by Crippen LogP contribution is 2.49. The molecule has 12 heterocycles. The molecule has 2 aliphatic rings. The zero-order chi connectivity index (χ0) is 92.1. The molecular formula is C104H115N23O4. The lowest BCUT2D eigenvalue weighted by Gasteiger charge is -2.26. The van der Waals surface area contributed by atoms with Crippen molar-refractivity contribution in [1.82, 2.24) is 98.9 Å². The molecule has 4 aromatic carbocycles. The van der Waals surface area contributed by atoms with Crippen molar-refractivity contribution in [3.63, 3.8) is 0 Å². The fraction of sp³-hybridized carbons (Fsp3) is 0.308. The molecule has 16 aromatic rings. The molecule has 0 aliphatic heterocycles. The van der Waals surface area contributed by atoms with Crippen LogP contribution in [0.15, 0.2) is 220 Å². The predicted molar refractivity (Wildman–Crippen MR) is 513 cm³/mol. The number of pyridine rings is 4. The Morgan fingerprint density at radius 1 is 0.366 bits per heavy atom. The molecule has 0 amide bonds. The third-order valence-corrected chi connectivity index (χ3v) is 24.7. The summed E-state index contributed by atoms with van der Waals surface area (Å²) in [7, 11) is 4.05. The number of aliphatic hydroxyl groups excluding tert-OH is 4. The Balaban J connectivity index is 0.000000134. The van der Waals surface area contributed by atoms with Crippen LogP contribution in [0.2, 0.25) is 0 Å². The van der Waals surface area contributed by atoms with Gasteiger partial charge in [-0.1, -0.05) is 140 Å². The quantitative estimate of drug-likeness (QED) is 0.0336. The number of hydrogen-bond acceptors (Lipinski definition) is 23. The molecule has 12 aromatic heterocycles. The van der Waals surface area contributed by atoms with Gasteiger partial charge in [0.15, 0.2) is 17.5 Å². The third-order valence-electron chi connectivity index (χ3n) is 24.7. The Morgan fingerprint density at radius 2 is 0.748 bits per heavy atom. The van der Waals surface area contributed by atoms with Gasteiger partial charge in [0.05, 0.1) is 166 Å². The van der Waals surface area contributed by atoms with Gasteiger partial charge in [-0.25, -0.2) is 39.9 Å². The standard InChI is InChI=1S/C28H31N5O.C26H28N6O.C26H30N6O.C24H26N6O/c1-18-8-10-21(11-9-18)19(2)14-25-22-6-4-5-7-23(22)28(32-31-25)24-12-13-27(26(16-34)30-24)33-15-20(3)29-17-33;1-4-19-13-22(21-9-10-24(23(15-33)28-21)32-14-18(3)27-16-32)30-31-25(19)29-26(11-12-26)20-7-5-17(2)6-8-20;1-6-20-13-25(31(5)19(4)21-9-7-17(2)8-10-21)29-30-26(20)22-11-12-24(23(15-33)28-22)32-14-18(3)27-16-32;1-16-5-7-19(8-6-16)18(3)29(4)24-12-10-21(27-28-24)20-9-11-23(22(14-31)26-20)30-13-17(2)25-15-30/h8-13,15,17,19,34H,4-7,14,16H2,1-3H3;5-10,13-14,16,33H,4,11-12,15H2,1-3H3,(H,29,31);7-14,16,19,33H,6,15H2,1-5H3;5-13,15,18,31H,14H2,1-4H3/t19-;;19-;18-/m1.00/s1. The van der Waals surface area contributed by atoms with Gasteiger partial charge in [0.25, 0.3) is 0 Å². The van der Waals surface area contributed by atoms with E-state index in [0.29, 0.717) is 57.2 Å². The van der Waals surface area contributed by atoms with Crippen LogP contribution in [0.3, 0.4) is 0 Å². The molecule has 670 valence electrons. The van der Waals surface area contributed by atoms with Crippen LogP contribution in [0.5, 0.6) is 0 Å². The fourth-order valence-electron chi connectivity index (χ4n) is 16.4. The van der Waals surface area contributed by atoms with E-state index in [0.717, 1.165) is 148 Å². The van der Waals surface area contributed by atoms with Gasteiger partial charge < -0.3 is 53.8 Å². The predicted octanol–water partition coefficient (Wildman–Crippen LogP) is 18.2. The second-order valence-corrected chi connectivity index (χ2v) is 34.3. The number of anilines is 3. The number of hydrogen-bond donors (Lipinski definition) is 5. The average Bonchev–Trinajstić information content (AvgIpc) is 1.59. The lowest BCUT2D eigenvalue weighted by Crippen LogP contribution is -2.23. The lowest BCUT2D eigenvalue weighted by atomic mass is 9.85. The van der Waals surface area contributed by atoms with Crippen LogP contribution in [0.25, 0.3) is 68.3 Å². The fourth-order valence-corrected chi connectivity index (χ4v) is 16.4. The maximum Gasteiger partial charge on any atom is 0.152 e. The van der Waals surface area contributed by atoms with E-state index in [1.807, 2.05) is 152 Å². The van der Waals surface area contributed by atoms with Gasteiger partial charge in [0.2, 0.25) is 0 Å². The summed E-state index contributed by atoms with van der Waals surface area (Å²) in [5.41, 5.74) is 30.9. The van der Waals surface area contributed by atoms with Gasteiger partial charge in [-0.15, -0.1) is 35.7 Å². The summed E-state index contributed by atoms with van der Waals surface area (Å²) in [5.74, 6) is 2.80. The number of imidazole rings is 4. The van der Waals surface area contributed by atoms with Crippen LogP contribution in [0.4, 0.5) is 17.5 Å². The number of fused-ring (bicyclic) bond motifs is 1. The van der Waals surface area contributed by atoms with E-state index in [9.17, 15) is 20.4 Å². The van der Waals surface area contributed by atoms with Crippen LogP contribution >= 0.6 is 0 Å². The van der Waals surface area contributed by atoms with E-state index >= 15 is 0 Å². The molecule has 0 spiro atoms. The molecule has 131 heavy (non-hydrogen) atoms. The van der Waals surface area contributed by atoms with Crippen LogP contribution in [0.1, 0.15) is 196 Å². The minimum atomic E-state index is -0.178. The molecule has 0 saturated heterocycles. The number of aliphatic hydroxyl groups is 4. The molecule has 18 rings (SSSR count). The Labute approximate surface area is 765 Å². The summed E-state index contributed by atoms with van der Waals surface area (Å²) >= 11 is 0. The maximum atomic E-state index is 10.0. The van der Waals surface area contributed by atoms with Crippen molar-refractivity contribution in [2.75, 3.05) is 29.2 Å². The molecule has 27 heteroatoms. The van der Waals surface area contributed by atoms with Gasteiger partial charge >= 0.3 is 0 Å². The first-order valence-electron chi connectivity index (χ1n) is 44.8. The highest BCUT2D eigenvalue weighted by molar-refractivity contribution is 5.67. The van der Waals surface area contributed by atoms with Crippen molar-refractivity contribution in [3.8, 4) is 68.3 Å². The zero-order valence-corrected chi connectivity index (χ0v) is 77.3. The molecule has 5 N–H and O–H groups in total. The molecule has 2 aliphatic carbocycles. The third kappa shape index (κ3) is 21.3. The number of benzene rings is 4. The summed E-state index contributed by atoms with van der Waals surface area (Å²) in [6.07, 6.45) is 23.6. The van der Waals surface area contributed by atoms with Gasteiger partial charge in [-0.3, -0.25) is 0 Å². The van der Waals surface area contributed by atoms with Crippen LogP contribution < -0.4 is 15.1 Å². The van der Waals surface area contributed by atoms with E-state index in [1.54, 1.807) is 25.3 Å². The van der Waals surface area contributed by atoms with Crippen molar-refractivity contribution in [2.45, 2.75) is 198 Å². The summed E-state index contributed by atoms with van der Waals surface area (Å²) in [5, 5.41) is 79.7. The normalized spacial score (nSPS) is 13.2. The van der Waals surface area contributed by atoms with Gasteiger partial charge in [-0.05, 0) is 250 Å². The molecule has 1 fully saturated rings. The van der Waals surface area contributed by atoms with E-state index in [-0.39, 0.29) is 44.1 Å². The van der Waals surface area contributed by atoms with E-state index in [2.05, 4.69) is 241 Å².